The molecule has 3 aromatic rings. The lowest BCUT2D eigenvalue weighted by Gasteiger charge is -2.09. The van der Waals surface area contributed by atoms with Gasteiger partial charge in [0.15, 0.2) is 0 Å². The van der Waals surface area contributed by atoms with Crippen molar-refractivity contribution in [2.24, 2.45) is 0 Å². The van der Waals surface area contributed by atoms with Gasteiger partial charge >= 0.3 is 5.13 Å². The number of nitrogens with zero attached hydrogens (tertiary/aromatic N) is 1. The van der Waals surface area contributed by atoms with Gasteiger partial charge in [-0.05, 0) is 45.7 Å². The summed E-state index contributed by atoms with van der Waals surface area (Å²) >= 11 is 1.77. The molecular weight excluding hydrogens is 312 g/mol. The second-order valence-corrected chi connectivity index (χ2v) is 7.29. The van der Waals surface area contributed by atoms with Crippen LogP contribution in [0.15, 0.2) is 41.8 Å². The number of aryl methyl sites for hydroxylation is 4. The zero-order valence-electron chi connectivity index (χ0n) is 15.1. The molecule has 1 aromatic heterocycles. The molecular formula is C21H25N2S+. The van der Waals surface area contributed by atoms with Crippen molar-refractivity contribution in [1.29, 1.82) is 0 Å². The van der Waals surface area contributed by atoms with E-state index in [1.807, 2.05) is 0 Å². The van der Waals surface area contributed by atoms with Crippen LogP contribution < -0.4 is 9.88 Å². The van der Waals surface area contributed by atoms with E-state index in [0.29, 0.717) is 0 Å². The maximum atomic E-state index is 3.67. The highest BCUT2D eigenvalue weighted by Crippen LogP contribution is 2.29. The largest absolute Gasteiger partial charge is 0.339 e. The highest BCUT2D eigenvalue weighted by molar-refractivity contribution is 7.13. The zero-order chi connectivity index (χ0) is 17.3. The van der Waals surface area contributed by atoms with Gasteiger partial charge in [-0.1, -0.05) is 58.9 Å². The normalized spacial score (nSPS) is 10.9. The van der Waals surface area contributed by atoms with Crippen LogP contribution in [0.2, 0.25) is 0 Å². The van der Waals surface area contributed by atoms with Crippen molar-refractivity contribution in [3.8, 4) is 11.3 Å². The molecule has 0 radical (unpaired) electrons. The van der Waals surface area contributed by atoms with Gasteiger partial charge in [0, 0.05) is 10.9 Å². The molecule has 0 saturated heterocycles. The van der Waals surface area contributed by atoms with E-state index in [2.05, 4.69) is 86.3 Å². The minimum absolute atomic E-state index is 0.943. The number of anilines is 2. The average molecular weight is 338 g/mol. The Hall–Kier alpha value is -2.13. The van der Waals surface area contributed by atoms with Gasteiger partial charge < -0.3 is 0 Å². The number of rotatable bonds is 4. The smallest absolute Gasteiger partial charge is 0.231 e. The first-order valence-corrected chi connectivity index (χ1v) is 9.30. The predicted molar refractivity (Wildman–Crippen MR) is 104 cm³/mol. The molecule has 1 heterocycles. The molecule has 0 amide bonds. The molecule has 0 aliphatic rings. The van der Waals surface area contributed by atoms with Crippen LogP contribution in [0.4, 0.5) is 10.8 Å². The molecule has 2 aromatic carbocycles. The van der Waals surface area contributed by atoms with Crippen LogP contribution in [0.3, 0.4) is 0 Å². The standard InChI is InChI=1S/C21H24N2S/c1-6-23-19(18-9-7-14(2)8-10-18)13-24-21(23)22-20-16(4)11-15(3)12-17(20)5/h7-13H,6H2,1-5H3/p+1. The van der Waals surface area contributed by atoms with E-state index in [9.17, 15) is 0 Å². The Labute approximate surface area is 148 Å². The van der Waals surface area contributed by atoms with E-state index < -0.39 is 0 Å². The molecule has 0 bridgehead atoms. The van der Waals surface area contributed by atoms with Crippen molar-refractivity contribution >= 4 is 22.2 Å². The third-order valence-electron chi connectivity index (χ3n) is 4.39. The van der Waals surface area contributed by atoms with Crippen molar-refractivity contribution in [2.75, 3.05) is 5.32 Å². The fourth-order valence-corrected chi connectivity index (χ4v) is 4.19. The molecule has 0 atom stereocenters. The zero-order valence-corrected chi connectivity index (χ0v) is 15.9. The number of thiazole rings is 1. The third-order valence-corrected chi connectivity index (χ3v) is 5.28. The van der Waals surface area contributed by atoms with Crippen molar-refractivity contribution in [3.63, 3.8) is 0 Å². The molecule has 1 N–H and O–H groups in total. The molecule has 0 saturated carbocycles. The lowest BCUT2D eigenvalue weighted by atomic mass is 10.1. The summed E-state index contributed by atoms with van der Waals surface area (Å²) in [5, 5.41) is 7.10. The topological polar surface area (TPSA) is 15.9 Å². The number of benzene rings is 2. The summed E-state index contributed by atoms with van der Waals surface area (Å²) in [4.78, 5) is 0. The van der Waals surface area contributed by atoms with E-state index in [1.54, 1.807) is 11.3 Å². The lowest BCUT2D eigenvalue weighted by Crippen LogP contribution is -2.35. The van der Waals surface area contributed by atoms with Gasteiger partial charge in [-0.15, -0.1) is 0 Å². The van der Waals surface area contributed by atoms with Crippen molar-refractivity contribution in [2.45, 2.75) is 41.2 Å². The number of hydrogen-bond donors (Lipinski definition) is 1. The quantitative estimate of drug-likeness (QED) is 0.604. The van der Waals surface area contributed by atoms with Crippen LogP contribution in [-0.4, -0.2) is 0 Å². The maximum Gasteiger partial charge on any atom is 0.339 e. The first-order chi connectivity index (χ1) is 11.5. The van der Waals surface area contributed by atoms with Crippen LogP contribution in [0, 0.1) is 27.7 Å². The fourth-order valence-electron chi connectivity index (χ4n) is 3.19. The Kier molecular flexibility index (Phi) is 4.72. The molecule has 3 heteroatoms. The molecule has 0 unspecified atom stereocenters. The van der Waals surface area contributed by atoms with Crippen molar-refractivity contribution < 1.29 is 4.57 Å². The first kappa shape index (κ1) is 16.7. The maximum absolute atomic E-state index is 3.67. The van der Waals surface area contributed by atoms with Gasteiger partial charge in [-0.3, -0.25) is 0 Å². The molecule has 0 spiro atoms. The second-order valence-electron chi connectivity index (χ2n) is 6.44. The molecule has 124 valence electrons. The Morgan fingerprint density at radius 2 is 1.54 bits per heavy atom. The van der Waals surface area contributed by atoms with E-state index in [-0.39, 0.29) is 0 Å². The summed E-state index contributed by atoms with van der Waals surface area (Å²) in [5.41, 5.74) is 8.95. The lowest BCUT2D eigenvalue weighted by molar-refractivity contribution is -0.664. The fraction of sp³-hybridized carbons (Fsp3) is 0.286. The van der Waals surface area contributed by atoms with Gasteiger partial charge in [0.05, 0.1) is 6.54 Å². The van der Waals surface area contributed by atoms with Crippen LogP contribution in [0.25, 0.3) is 11.3 Å². The Balaban J connectivity index is 2.00. The van der Waals surface area contributed by atoms with Crippen molar-refractivity contribution in [1.82, 2.24) is 0 Å². The van der Waals surface area contributed by atoms with Crippen molar-refractivity contribution in [3.05, 3.63) is 64.0 Å². The van der Waals surface area contributed by atoms with Crippen LogP contribution in [0.5, 0.6) is 0 Å². The summed E-state index contributed by atoms with van der Waals surface area (Å²) in [5.74, 6) is 0. The highest BCUT2D eigenvalue weighted by atomic mass is 32.1. The predicted octanol–water partition coefficient (Wildman–Crippen LogP) is 5.70. The summed E-state index contributed by atoms with van der Waals surface area (Å²) in [7, 11) is 0. The van der Waals surface area contributed by atoms with Gasteiger partial charge in [0.2, 0.25) is 0 Å². The minimum atomic E-state index is 0.943. The average Bonchev–Trinajstić information content (AvgIpc) is 2.94. The Morgan fingerprint density at radius 3 is 2.12 bits per heavy atom. The van der Waals surface area contributed by atoms with Crippen LogP contribution in [0.1, 0.15) is 29.2 Å². The first-order valence-electron chi connectivity index (χ1n) is 8.43. The summed E-state index contributed by atoms with van der Waals surface area (Å²) < 4.78 is 2.36. The third kappa shape index (κ3) is 3.22. The Morgan fingerprint density at radius 1 is 0.917 bits per heavy atom. The molecule has 2 nitrogen and oxygen atoms in total. The molecule has 0 aliphatic heterocycles. The summed E-state index contributed by atoms with van der Waals surface area (Å²) in [6, 6.07) is 13.2. The molecule has 24 heavy (non-hydrogen) atoms. The highest BCUT2D eigenvalue weighted by Gasteiger charge is 2.20. The van der Waals surface area contributed by atoms with Gasteiger partial charge in [-0.25, -0.2) is 9.88 Å². The van der Waals surface area contributed by atoms with Crippen LogP contribution in [-0.2, 0) is 6.54 Å². The number of hydrogen-bond acceptors (Lipinski definition) is 2. The van der Waals surface area contributed by atoms with Gasteiger partial charge in [-0.2, -0.15) is 0 Å². The molecule has 0 aliphatic carbocycles. The van der Waals surface area contributed by atoms with Crippen LogP contribution >= 0.6 is 11.3 Å². The van der Waals surface area contributed by atoms with E-state index in [4.69, 9.17) is 0 Å². The SMILES string of the molecule is CC[n+]1c(-c2ccc(C)cc2)csc1Nc1c(C)cc(C)cc1C. The van der Waals surface area contributed by atoms with E-state index >= 15 is 0 Å². The summed E-state index contributed by atoms with van der Waals surface area (Å²) in [6.45, 7) is 11.8. The molecule has 3 rings (SSSR count). The Bertz CT molecular complexity index is 837. The van der Waals surface area contributed by atoms with E-state index in [1.165, 1.54) is 44.3 Å². The molecule has 0 fully saturated rings. The monoisotopic (exact) mass is 337 g/mol. The minimum Gasteiger partial charge on any atom is -0.231 e. The number of aromatic nitrogens is 1. The summed E-state index contributed by atoms with van der Waals surface area (Å²) in [6.07, 6.45) is 0. The second kappa shape index (κ2) is 6.78. The number of nitrogens with one attached hydrogen (secondary N) is 1. The van der Waals surface area contributed by atoms with Gasteiger partial charge in [0.25, 0.3) is 0 Å². The van der Waals surface area contributed by atoms with E-state index in [0.717, 1.165) is 6.54 Å². The van der Waals surface area contributed by atoms with Gasteiger partial charge in [0.1, 0.15) is 11.4 Å².